The summed E-state index contributed by atoms with van der Waals surface area (Å²) in [5.41, 5.74) is 2.73. The summed E-state index contributed by atoms with van der Waals surface area (Å²) in [6.45, 7) is 8.25. The van der Waals surface area contributed by atoms with Gasteiger partial charge in [-0.15, -0.1) is 0 Å². The lowest BCUT2D eigenvalue weighted by Crippen LogP contribution is -1.98. The van der Waals surface area contributed by atoms with E-state index in [1.807, 2.05) is 12.1 Å². The summed E-state index contributed by atoms with van der Waals surface area (Å²) < 4.78 is 11.4. The molecule has 2 nitrogen and oxygen atoms in total. The second kappa shape index (κ2) is 8.87. The van der Waals surface area contributed by atoms with Gasteiger partial charge < -0.3 is 9.47 Å². The Morgan fingerprint density at radius 3 is 2.91 bits per heavy atom. The molecule has 2 rings (SSSR count). The van der Waals surface area contributed by atoms with E-state index in [9.17, 15) is 0 Å². The first-order valence-corrected chi connectivity index (χ1v) is 8.77. The quantitative estimate of drug-likeness (QED) is 0.556. The molecule has 1 aliphatic heterocycles. The van der Waals surface area contributed by atoms with Gasteiger partial charge in [0.25, 0.3) is 0 Å². The molecule has 22 heavy (non-hydrogen) atoms. The van der Waals surface area contributed by atoms with Crippen LogP contribution in [0.15, 0.2) is 29.8 Å². The van der Waals surface area contributed by atoms with Crippen LogP contribution in [0.25, 0.3) is 0 Å². The monoisotopic (exact) mass is 302 g/mol. The normalized spacial score (nSPS) is 14.1. The van der Waals surface area contributed by atoms with Gasteiger partial charge in [0.2, 0.25) is 0 Å². The number of allylic oxidation sites excluding steroid dienone is 1. The Hall–Kier alpha value is -1.44. The Balaban J connectivity index is 1.70. The molecule has 122 valence electrons. The predicted molar refractivity (Wildman–Crippen MR) is 92.8 cm³/mol. The molecule has 0 amide bonds. The Morgan fingerprint density at radius 1 is 1.32 bits per heavy atom. The van der Waals surface area contributed by atoms with Gasteiger partial charge >= 0.3 is 0 Å². The largest absolute Gasteiger partial charge is 0.493 e. The van der Waals surface area contributed by atoms with Crippen LogP contribution in [-0.4, -0.2) is 13.2 Å². The van der Waals surface area contributed by atoms with Crippen molar-refractivity contribution < 1.29 is 9.47 Å². The van der Waals surface area contributed by atoms with E-state index in [0.29, 0.717) is 6.61 Å². The van der Waals surface area contributed by atoms with Gasteiger partial charge in [0.05, 0.1) is 6.61 Å². The summed E-state index contributed by atoms with van der Waals surface area (Å²) >= 11 is 0. The van der Waals surface area contributed by atoms with Crippen molar-refractivity contribution in [1.29, 1.82) is 0 Å². The summed E-state index contributed by atoms with van der Waals surface area (Å²) in [6.07, 6.45) is 9.67. The van der Waals surface area contributed by atoms with Crippen molar-refractivity contribution in [1.82, 2.24) is 0 Å². The van der Waals surface area contributed by atoms with Gasteiger partial charge in [-0.3, -0.25) is 0 Å². The van der Waals surface area contributed by atoms with Crippen LogP contribution < -0.4 is 9.47 Å². The van der Waals surface area contributed by atoms with E-state index in [2.05, 4.69) is 32.9 Å². The molecular formula is C20H30O2. The van der Waals surface area contributed by atoms with Crippen LogP contribution in [0.1, 0.15) is 58.4 Å². The van der Waals surface area contributed by atoms with E-state index < -0.39 is 0 Å². The fourth-order valence-electron chi connectivity index (χ4n) is 2.99. The number of rotatable bonds is 9. The fraction of sp³-hybridized carbons (Fsp3) is 0.600. The van der Waals surface area contributed by atoms with E-state index >= 15 is 0 Å². The number of hydrogen-bond donors (Lipinski definition) is 0. The molecule has 0 bridgehead atoms. The predicted octanol–water partition coefficient (Wildman–Crippen LogP) is 5.55. The van der Waals surface area contributed by atoms with Crippen molar-refractivity contribution >= 4 is 0 Å². The zero-order valence-electron chi connectivity index (χ0n) is 14.4. The smallest absolute Gasteiger partial charge is 0.126 e. The third-order valence-corrected chi connectivity index (χ3v) is 4.69. The van der Waals surface area contributed by atoms with Crippen LogP contribution in [0.4, 0.5) is 0 Å². The molecule has 1 aromatic carbocycles. The Kier molecular flexibility index (Phi) is 6.82. The number of hydrogen-bond acceptors (Lipinski definition) is 2. The van der Waals surface area contributed by atoms with Gasteiger partial charge in [-0.05, 0) is 43.4 Å². The van der Waals surface area contributed by atoms with Gasteiger partial charge in [0.1, 0.15) is 18.1 Å². The summed E-state index contributed by atoms with van der Waals surface area (Å²) in [5.74, 6) is 2.79. The topological polar surface area (TPSA) is 18.5 Å². The average molecular weight is 302 g/mol. The molecule has 0 atom stereocenters. The van der Waals surface area contributed by atoms with Crippen LogP contribution in [0.2, 0.25) is 0 Å². The summed E-state index contributed by atoms with van der Waals surface area (Å²) in [7, 11) is 0. The molecule has 1 aromatic rings. The highest BCUT2D eigenvalue weighted by Crippen LogP contribution is 2.29. The van der Waals surface area contributed by atoms with E-state index in [1.165, 1.54) is 43.2 Å². The van der Waals surface area contributed by atoms with Crippen molar-refractivity contribution in [3.63, 3.8) is 0 Å². The summed E-state index contributed by atoms with van der Waals surface area (Å²) in [5, 5.41) is 0. The average Bonchev–Trinajstić information content (AvgIpc) is 2.99. The number of ether oxygens (including phenoxy) is 2. The van der Waals surface area contributed by atoms with Crippen molar-refractivity contribution in [2.24, 2.45) is 5.92 Å². The second-order valence-corrected chi connectivity index (χ2v) is 6.30. The van der Waals surface area contributed by atoms with Gasteiger partial charge in [-0.2, -0.15) is 0 Å². The minimum Gasteiger partial charge on any atom is -0.493 e. The summed E-state index contributed by atoms with van der Waals surface area (Å²) in [4.78, 5) is 0. The zero-order valence-corrected chi connectivity index (χ0v) is 14.4. The van der Waals surface area contributed by atoms with Gasteiger partial charge in [-0.25, -0.2) is 0 Å². The van der Waals surface area contributed by atoms with E-state index in [-0.39, 0.29) is 0 Å². The Bertz CT molecular complexity index is 486. The molecule has 1 heterocycles. The van der Waals surface area contributed by atoms with Crippen LogP contribution in [0, 0.1) is 5.92 Å². The molecule has 0 aliphatic carbocycles. The van der Waals surface area contributed by atoms with E-state index in [4.69, 9.17) is 9.47 Å². The highest BCUT2D eigenvalue weighted by Gasteiger charge is 2.12. The van der Waals surface area contributed by atoms with Gasteiger partial charge in [0.15, 0.2) is 0 Å². The van der Waals surface area contributed by atoms with Crippen LogP contribution in [0.5, 0.6) is 11.5 Å². The molecule has 0 N–H and O–H groups in total. The highest BCUT2D eigenvalue weighted by molar-refractivity contribution is 5.42. The lowest BCUT2D eigenvalue weighted by atomic mass is 9.95. The maximum absolute atomic E-state index is 5.82. The first-order chi connectivity index (χ1) is 10.7. The van der Waals surface area contributed by atoms with Crippen molar-refractivity contribution in [2.45, 2.75) is 59.3 Å². The molecule has 2 heteroatoms. The van der Waals surface area contributed by atoms with Gasteiger partial charge in [-0.1, -0.05) is 44.7 Å². The minimum atomic E-state index is 0.648. The highest BCUT2D eigenvalue weighted by atomic mass is 16.5. The number of fused-ring (bicyclic) bond motifs is 1. The van der Waals surface area contributed by atoms with Crippen LogP contribution in [-0.2, 0) is 6.42 Å². The maximum Gasteiger partial charge on any atom is 0.126 e. The van der Waals surface area contributed by atoms with Crippen molar-refractivity contribution in [2.75, 3.05) is 13.2 Å². The standard InChI is InChI=1S/C20H30O2/c1-4-17(5-2)8-6-7-16(3)11-13-21-19-10-9-18-12-14-22-20(18)15-19/h9-11,15,17H,4-8,12-14H2,1-3H3/b16-11+. The van der Waals surface area contributed by atoms with Crippen molar-refractivity contribution in [3.8, 4) is 11.5 Å². The molecule has 0 spiro atoms. The minimum absolute atomic E-state index is 0.648. The first kappa shape index (κ1) is 16.9. The SMILES string of the molecule is CCC(CC)CCC/C(C)=C/COc1ccc2c(c1)OCC2. The molecule has 0 fully saturated rings. The maximum atomic E-state index is 5.82. The van der Waals surface area contributed by atoms with E-state index in [1.54, 1.807) is 0 Å². The molecule has 0 saturated carbocycles. The van der Waals surface area contributed by atoms with E-state index in [0.717, 1.165) is 30.4 Å². The summed E-state index contributed by atoms with van der Waals surface area (Å²) in [6, 6.07) is 6.17. The van der Waals surface area contributed by atoms with Crippen molar-refractivity contribution in [3.05, 3.63) is 35.4 Å². The fourth-order valence-corrected chi connectivity index (χ4v) is 2.99. The molecule has 0 aromatic heterocycles. The number of benzene rings is 1. The molecule has 0 unspecified atom stereocenters. The third kappa shape index (κ3) is 5.08. The first-order valence-electron chi connectivity index (χ1n) is 8.77. The van der Waals surface area contributed by atoms with Crippen LogP contribution >= 0.6 is 0 Å². The van der Waals surface area contributed by atoms with Crippen LogP contribution in [0.3, 0.4) is 0 Å². The zero-order chi connectivity index (χ0) is 15.8. The lowest BCUT2D eigenvalue weighted by Gasteiger charge is -2.11. The second-order valence-electron chi connectivity index (χ2n) is 6.30. The third-order valence-electron chi connectivity index (χ3n) is 4.69. The molecular weight excluding hydrogens is 272 g/mol. The Labute approximate surface area is 135 Å². The Morgan fingerprint density at radius 2 is 2.14 bits per heavy atom. The molecule has 0 radical (unpaired) electrons. The molecule has 0 saturated heterocycles. The lowest BCUT2D eigenvalue weighted by molar-refractivity contribution is 0.343. The van der Waals surface area contributed by atoms with Gasteiger partial charge in [0, 0.05) is 12.5 Å². The molecule has 1 aliphatic rings.